The number of rotatable bonds is 8. The van der Waals surface area contributed by atoms with E-state index in [1.807, 2.05) is 24.3 Å². The summed E-state index contributed by atoms with van der Waals surface area (Å²) in [5.74, 6) is -1.80. The Hall–Kier alpha value is -3.01. The van der Waals surface area contributed by atoms with Crippen molar-refractivity contribution in [2.24, 2.45) is 0 Å². The number of nitrogens with two attached hydrogens (primary N) is 1. The van der Waals surface area contributed by atoms with Crippen molar-refractivity contribution in [1.82, 2.24) is 10.9 Å². The number of carboxylic acids is 1. The maximum atomic E-state index is 12.2. The van der Waals surface area contributed by atoms with Gasteiger partial charge >= 0.3 is 5.97 Å². The van der Waals surface area contributed by atoms with E-state index in [4.69, 9.17) is 10.5 Å². The van der Waals surface area contributed by atoms with Crippen LogP contribution in [0.25, 0.3) is 5.70 Å². The summed E-state index contributed by atoms with van der Waals surface area (Å²) in [4.78, 5) is 23.4. The molecule has 1 amide bonds. The van der Waals surface area contributed by atoms with Gasteiger partial charge in [-0.05, 0) is 42.2 Å². The van der Waals surface area contributed by atoms with E-state index in [1.165, 1.54) is 17.7 Å². The lowest BCUT2D eigenvalue weighted by Gasteiger charge is -2.19. The van der Waals surface area contributed by atoms with Crippen LogP contribution in [-0.4, -0.2) is 40.9 Å². The van der Waals surface area contributed by atoms with Crippen LogP contribution in [0.15, 0.2) is 42.2 Å². The first-order valence-corrected chi connectivity index (χ1v) is 10.6. The lowest BCUT2D eigenvalue weighted by molar-refractivity contribution is -0.531. The van der Waals surface area contributed by atoms with Crippen LogP contribution < -0.4 is 16.2 Å². The predicted octanol–water partition coefficient (Wildman–Crippen LogP) is 2.51. The number of carbonyl (C=O) groups excluding carboxylic acids is 1. The van der Waals surface area contributed by atoms with Crippen LogP contribution >= 0.6 is 11.3 Å². The monoisotopic (exact) mass is 445 g/mol. The maximum absolute atomic E-state index is 12.2. The summed E-state index contributed by atoms with van der Waals surface area (Å²) in [6.07, 6.45) is 0. The number of hydrazine groups is 1. The van der Waals surface area contributed by atoms with Crippen LogP contribution in [0, 0.1) is 5.41 Å². The zero-order valence-corrected chi connectivity index (χ0v) is 19.1. The zero-order valence-electron chi connectivity index (χ0n) is 18.2. The molecule has 0 saturated carbocycles. The van der Waals surface area contributed by atoms with Crippen molar-refractivity contribution in [2.75, 3.05) is 7.05 Å². The summed E-state index contributed by atoms with van der Waals surface area (Å²) >= 11 is 0.855. The van der Waals surface area contributed by atoms with Gasteiger partial charge in [0.25, 0.3) is 5.91 Å². The molecule has 7 N–H and O–H groups in total. The SMILES string of the molecule is C[NH2+]/C(=C(/O)C(=N)C(C)NNC(=O)c1ccc(C(=O)O)s1)c1ccc(C(C)(C)C)cc1. The molecule has 31 heavy (non-hydrogen) atoms. The maximum Gasteiger partial charge on any atom is 0.345 e. The number of amides is 1. The van der Waals surface area contributed by atoms with Gasteiger partial charge in [-0.3, -0.25) is 15.6 Å². The molecule has 2 aromatic rings. The highest BCUT2D eigenvalue weighted by atomic mass is 32.1. The van der Waals surface area contributed by atoms with Crippen molar-refractivity contribution in [2.45, 2.75) is 39.2 Å². The fourth-order valence-electron chi connectivity index (χ4n) is 2.82. The second kappa shape index (κ2) is 9.86. The van der Waals surface area contributed by atoms with Crippen molar-refractivity contribution in [3.63, 3.8) is 0 Å². The first kappa shape index (κ1) is 24.3. The summed E-state index contributed by atoms with van der Waals surface area (Å²) in [7, 11) is 1.78. The first-order chi connectivity index (χ1) is 14.5. The molecular weight excluding hydrogens is 416 g/mol. The number of nitrogens with one attached hydrogen (secondary N) is 3. The molecule has 1 heterocycles. The Balaban J connectivity index is 2.10. The van der Waals surface area contributed by atoms with Gasteiger partial charge < -0.3 is 15.5 Å². The molecular formula is C22H29N4O4S+. The number of carboxylic acid groups (broad SMARTS) is 1. The molecule has 0 bridgehead atoms. The summed E-state index contributed by atoms with van der Waals surface area (Å²) in [6.45, 7) is 8.00. The van der Waals surface area contributed by atoms with E-state index < -0.39 is 17.9 Å². The third-order valence-electron chi connectivity index (χ3n) is 4.74. The molecule has 8 nitrogen and oxygen atoms in total. The van der Waals surface area contributed by atoms with Crippen molar-refractivity contribution in [3.05, 3.63) is 63.0 Å². The lowest BCUT2D eigenvalue weighted by atomic mass is 9.86. The molecule has 0 radical (unpaired) electrons. The number of carbonyl (C=O) groups is 2. The Morgan fingerprint density at radius 1 is 1.06 bits per heavy atom. The minimum Gasteiger partial charge on any atom is -0.501 e. The predicted molar refractivity (Wildman–Crippen MR) is 122 cm³/mol. The topological polar surface area (TPSA) is 139 Å². The number of hydrogen-bond acceptors (Lipinski definition) is 6. The molecule has 1 aromatic carbocycles. The summed E-state index contributed by atoms with van der Waals surface area (Å²) < 4.78 is 0. The molecule has 0 aliphatic heterocycles. The average molecular weight is 446 g/mol. The summed E-state index contributed by atoms with van der Waals surface area (Å²) in [5.41, 5.74) is 7.53. The molecule has 9 heteroatoms. The normalized spacial score (nSPS) is 13.3. The Morgan fingerprint density at radius 3 is 2.13 bits per heavy atom. The Morgan fingerprint density at radius 2 is 1.65 bits per heavy atom. The van der Waals surface area contributed by atoms with Gasteiger partial charge in [-0.2, -0.15) is 0 Å². The van der Waals surface area contributed by atoms with Gasteiger partial charge in [-0.15, -0.1) is 11.3 Å². The van der Waals surface area contributed by atoms with Crippen LogP contribution in [-0.2, 0) is 5.41 Å². The van der Waals surface area contributed by atoms with Crippen LogP contribution in [0.3, 0.4) is 0 Å². The van der Waals surface area contributed by atoms with Gasteiger partial charge in [0, 0.05) is 5.56 Å². The highest BCUT2D eigenvalue weighted by Crippen LogP contribution is 2.24. The van der Waals surface area contributed by atoms with E-state index in [2.05, 4.69) is 31.6 Å². The van der Waals surface area contributed by atoms with E-state index in [0.29, 0.717) is 5.70 Å². The number of quaternary nitrogens is 1. The van der Waals surface area contributed by atoms with Gasteiger partial charge in [0.2, 0.25) is 5.76 Å². The van der Waals surface area contributed by atoms with Crippen LogP contribution in [0.5, 0.6) is 0 Å². The smallest absolute Gasteiger partial charge is 0.345 e. The van der Waals surface area contributed by atoms with E-state index >= 15 is 0 Å². The first-order valence-electron chi connectivity index (χ1n) is 9.77. The highest BCUT2D eigenvalue weighted by Gasteiger charge is 2.22. The quantitative estimate of drug-likeness (QED) is 0.211. The Labute approximate surface area is 185 Å². The fraction of sp³-hybridized carbons (Fsp3) is 0.318. The largest absolute Gasteiger partial charge is 0.501 e. The van der Waals surface area contributed by atoms with Gasteiger partial charge in [0.1, 0.15) is 4.88 Å². The van der Waals surface area contributed by atoms with Crippen molar-refractivity contribution in [3.8, 4) is 0 Å². The minimum absolute atomic E-state index is 0.0114. The molecule has 1 unspecified atom stereocenters. The van der Waals surface area contributed by atoms with Gasteiger partial charge in [-0.1, -0.05) is 32.9 Å². The average Bonchev–Trinajstić information content (AvgIpc) is 3.22. The molecule has 2 rings (SSSR count). The van der Waals surface area contributed by atoms with E-state index in [0.717, 1.165) is 16.9 Å². The number of thiophene rings is 1. The Kier molecular flexibility index (Phi) is 7.72. The summed E-state index contributed by atoms with van der Waals surface area (Å²) in [6, 6.07) is 9.92. The standard InChI is InChI=1S/C22H28N4O4S/c1-12(25-26-20(28)15-10-11-16(31-15)21(29)30)17(23)19(27)18(24-5)13-6-8-14(9-7-13)22(2,3)4/h6-12,23-25,27H,1-5H3,(H,26,28)(H,29,30)/p+1/b19-18+,23-17?. The van der Waals surface area contributed by atoms with Crippen molar-refractivity contribution in [1.29, 1.82) is 5.41 Å². The number of aromatic carboxylic acids is 1. The highest BCUT2D eigenvalue weighted by molar-refractivity contribution is 7.15. The van der Waals surface area contributed by atoms with Crippen LogP contribution in [0.1, 0.15) is 58.2 Å². The molecule has 1 atom stereocenters. The molecule has 0 fully saturated rings. The number of aliphatic hydroxyl groups excluding tert-OH is 1. The molecule has 0 aliphatic rings. The number of benzene rings is 1. The Bertz CT molecular complexity index is 1000. The van der Waals surface area contributed by atoms with E-state index in [-0.39, 0.29) is 26.6 Å². The van der Waals surface area contributed by atoms with Gasteiger partial charge in [0.15, 0.2) is 5.70 Å². The fourth-order valence-corrected chi connectivity index (χ4v) is 3.56. The second-order valence-electron chi connectivity index (χ2n) is 8.08. The van der Waals surface area contributed by atoms with Crippen molar-refractivity contribution >= 4 is 34.6 Å². The molecule has 166 valence electrons. The number of hydrogen-bond donors (Lipinski definition) is 6. The molecule has 0 aliphatic carbocycles. The van der Waals surface area contributed by atoms with Crippen molar-refractivity contribution < 1.29 is 25.1 Å². The third-order valence-corrected chi connectivity index (χ3v) is 5.81. The van der Waals surface area contributed by atoms with E-state index in [9.17, 15) is 14.7 Å². The number of aliphatic hydroxyl groups is 1. The molecule has 1 aromatic heterocycles. The summed E-state index contributed by atoms with van der Waals surface area (Å²) in [5, 5.41) is 29.7. The van der Waals surface area contributed by atoms with Crippen LogP contribution in [0.2, 0.25) is 0 Å². The van der Waals surface area contributed by atoms with Gasteiger partial charge in [0.05, 0.1) is 23.7 Å². The minimum atomic E-state index is -1.10. The van der Waals surface area contributed by atoms with Gasteiger partial charge in [-0.25, -0.2) is 10.2 Å². The van der Waals surface area contributed by atoms with Crippen LogP contribution in [0.4, 0.5) is 0 Å². The second-order valence-corrected chi connectivity index (χ2v) is 9.16. The molecule has 0 saturated heterocycles. The lowest BCUT2D eigenvalue weighted by Crippen LogP contribution is -2.77. The zero-order chi connectivity index (χ0) is 23.3. The third kappa shape index (κ3) is 6.00. The molecule has 0 spiro atoms. The van der Waals surface area contributed by atoms with E-state index in [1.54, 1.807) is 19.3 Å².